The van der Waals surface area contributed by atoms with Crippen molar-refractivity contribution in [3.05, 3.63) is 42.6 Å². The van der Waals surface area contributed by atoms with Crippen LogP contribution in [0.3, 0.4) is 0 Å². The average molecular weight is 384 g/mol. The molecule has 3 heterocycles. The number of piperazine rings is 1. The van der Waals surface area contributed by atoms with E-state index < -0.39 is 0 Å². The number of anilines is 2. The summed E-state index contributed by atoms with van der Waals surface area (Å²) in [6.07, 6.45) is 6.31. The number of carbonyl (C=O) groups excluding carboxylic acids is 2. The third-order valence-electron chi connectivity index (χ3n) is 4.31. The first-order chi connectivity index (χ1) is 13.6. The van der Waals surface area contributed by atoms with Gasteiger partial charge >= 0.3 is 0 Å². The van der Waals surface area contributed by atoms with Gasteiger partial charge in [0, 0.05) is 58.3 Å². The minimum absolute atomic E-state index is 0.0286. The fraction of sp³-hybridized carbons (Fsp3) is 0.368. The van der Waals surface area contributed by atoms with Crippen LogP contribution in [0.2, 0.25) is 0 Å². The Labute approximate surface area is 163 Å². The molecule has 0 saturated carbocycles. The maximum Gasteiger partial charge on any atom is 0.246 e. The Balaban J connectivity index is 1.48. The first-order valence-electron chi connectivity index (χ1n) is 9.17. The van der Waals surface area contributed by atoms with Crippen molar-refractivity contribution in [2.45, 2.75) is 6.92 Å². The summed E-state index contributed by atoms with van der Waals surface area (Å²) < 4.78 is 5.20. The molecular formula is C19H24N6O3. The van der Waals surface area contributed by atoms with Gasteiger partial charge in [0.1, 0.15) is 23.7 Å². The molecule has 2 amide bonds. The highest BCUT2D eigenvalue weighted by atomic mass is 16.3. The second-order valence-electron chi connectivity index (χ2n) is 6.33. The van der Waals surface area contributed by atoms with E-state index in [9.17, 15) is 9.59 Å². The van der Waals surface area contributed by atoms with Crippen LogP contribution in [0.25, 0.3) is 6.08 Å². The predicted molar refractivity (Wildman–Crippen MR) is 106 cm³/mol. The Bertz CT molecular complexity index is 813. The SMILES string of the molecule is CC(=O)NCCNc1cc(N2CCN(C(=O)/C=C/c3ccco3)CC2)ncn1. The van der Waals surface area contributed by atoms with Crippen LogP contribution in [0, 0.1) is 0 Å². The lowest BCUT2D eigenvalue weighted by Gasteiger charge is -2.35. The first-order valence-corrected chi connectivity index (χ1v) is 9.17. The molecule has 0 bridgehead atoms. The number of carbonyl (C=O) groups is 2. The van der Waals surface area contributed by atoms with Gasteiger partial charge in [-0.1, -0.05) is 0 Å². The molecular weight excluding hydrogens is 360 g/mol. The fourth-order valence-corrected chi connectivity index (χ4v) is 2.85. The van der Waals surface area contributed by atoms with E-state index in [0.717, 1.165) is 5.82 Å². The van der Waals surface area contributed by atoms with Gasteiger partial charge in [0.25, 0.3) is 0 Å². The first kappa shape index (κ1) is 19.4. The highest BCUT2D eigenvalue weighted by molar-refractivity contribution is 5.91. The zero-order valence-electron chi connectivity index (χ0n) is 15.8. The highest BCUT2D eigenvalue weighted by Crippen LogP contribution is 2.16. The molecule has 9 nitrogen and oxygen atoms in total. The van der Waals surface area contributed by atoms with Crippen LogP contribution in [0.1, 0.15) is 12.7 Å². The van der Waals surface area contributed by atoms with E-state index in [4.69, 9.17) is 4.42 Å². The number of amides is 2. The summed E-state index contributed by atoms with van der Waals surface area (Å²) in [5.41, 5.74) is 0. The standard InChI is InChI=1S/C19H24N6O3/c1-15(26)20-6-7-21-17-13-18(23-14-22-17)24-8-10-25(11-9-24)19(27)5-4-16-3-2-12-28-16/h2-5,12-14H,6-11H2,1H3,(H,20,26)(H,21,22,23)/b5-4+. The van der Waals surface area contributed by atoms with Crippen LogP contribution in [-0.2, 0) is 9.59 Å². The molecule has 2 aromatic rings. The van der Waals surface area contributed by atoms with E-state index >= 15 is 0 Å². The van der Waals surface area contributed by atoms with E-state index in [1.54, 1.807) is 24.5 Å². The van der Waals surface area contributed by atoms with Crippen LogP contribution in [0.4, 0.5) is 11.6 Å². The van der Waals surface area contributed by atoms with Crippen LogP contribution >= 0.6 is 0 Å². The topological polar surface area (TPSA) is 104 Å². The molecule has 1 aliphatic heterocycles. The number of nitrogens with zero attached hydrogens (tertiary/aromatic N) is 4. The number of furan rings is 1. The zero-order chi connectivity index (χ0) is 19.8. The number of hydrogen-bond donors (Lipinski definition) is 2. The molecule has 1 saturated heterocycles. The molecule has 0 aromatic carbocycles. The molecule has 1 fully saturated rings. The Morgan fingerprint density at radius 2 is 2.04 bits per heavy atom. The summed E-state index contributed by atoms with van der Waals surface area (Å²) in [5.74, 6) is 2.09. The Hall–Kier alpha value is -3.36. The molecule has 0 unspecified atom stereocenters. The lowest BCUT2D eigenvalue weighted by Crippen LogP contribution is -2.48. The summed E-state index contributed by atoms with van der Waals surface area (Å²) in [7, 11) is 0. The van der Waals surface area contributed by atoms with Gasteiger partial charge in [-0.2, -0.15) is 0 Å². The van der Waals surface area contributed by atoms with Gasteiger partial charge in [-0.15, -0.1) is 0 Å². The van der Waals surface area contributed by atoms with E-state index in [1.165, 1.54) is 19.3 Å². The molecule has 3 rings (SSSR count). The van der Waals surface area contributed by atoms with Gasteiger partial charge in [0.05, 0.1) is 6.26 Å². The number of hydrogen-bond acceptors (Lipinski definition) is 7. The van der Waals surface area contributed by atoms with Crippen LogP contribution < -0.4 is 15.5 Å². The number of rotatable bonds is 7. The Morgan fingerprint density at radius 3 is 2.75 bits per heavy atom. The molecule has 2 N–H and O–H groups in total. The molecule has 2 aromatic heterocycles. The van der Waals surface area contributed by atoms with Crippen molar-refractivity contribution in [3.63, 3.8) is 0 Å². The lowest BCUT2D eigenvalue weighted by molar-refractivity contribution is -0.126. The maximum absolute atomic E-state index is 12.3. The summed E-state index contributed by atoms with van der Waals surface area (Å²) in [5, 5.41) is 5.89. The quantitative estimate of drug-likeness (QED) is 0.542. The Morgan fingerprint density at radius 1 is 1.21 bits per heavy atom. The summed E-state index contributed by atoms with van der Waals surface area (Å²) in [6.45, 7) is 5.24. The predicted octanol–water partition coefficient (Wildman–Crippen LogP) is 0.980. The number of nitrogens with one attached hydrogen (secondary N) is 2. The Kier molecular flexibility index (Phi) is 6.61. The molecule has 148 valence electrons. The maximum atomic E-state index is 12.3. The molecule has 0 spiro atoms. The van der Waals surface area contributed by atoms with Gasteiger partial charge in [-0.25, -0.2) is 9.97 Å². The monoisotopic (exact) mass is 384 g/mol. The van der Waals surface area contributed by atoms with Crippen molar-refractivity contribution in [2.24, 2.45) is 0 Å². The van der Waals surface area contributed by atoms with Crippen LogP contribution in [-0.4, -0.2) is 66.0 Å². The van der Waals surface area contributed by atoms with Gasteiger partial charge in [-0.3, -0.25) is 9.59 Å². The minimum Gasteiger partial charge on any atom is -0.465 e. The fourth-order valence-electron chi connectivity index (χ4n) is 2.85. The number of aromatic nitrogens is 2. The molecule has 1 aliphatic rings. The highest BCUT2D eigenvalue weighted by Gasteiger charge is 2.20. The summed E-state index contributed by atoms with van der Waals surface area (Å²) in [6, 6.07) is 5.47. The normalized spacial score (nSPS) is 14.3. The molecule has 28 heavy (non-hydrogen) atoms. The largest absolute Gasteiger partial charge is 0.465 e. The molecule has 0 radical (unpaired) electrons. The third-order valence-corrected chi connectivity index (χ3v) is 4.31. The van der Waals surface area contributed by atoms with Crippen molar-refractivity contribution in [3.8, 4) is 0 Å². The van der Waals surface area contributed by atoms with E-state index in [-0.39, 0.29) is 11.8 Å². The van der Waals surface area contributed by atoms with E-state index in [0.29, 0.717) is 50.8 Å². The van der Waals surface area contributed by atoms with E-state index in [1.807, 2.05) is 11.0 Å². The molecule has 0 aliphatic carbocycles. The van der Waals surface area contributed by atoms with Crippen molar-refractivity contribution in [2.75, 3.05) is 49.5 Å². The van der Waals surface area contributed by atoms with Crippen LogP contribution in [0.5, 0.6) is 0 Å². The zero-order valence-corrected chi connectivity index (χ0v) is 15.8. The lowest BCUT2D eigenvalue weighted by atomic mass is 10.3. The van der Waals surface area contributed by atoms with Crippen LogP contribution in [0.15, 0.2) is 41.3 Å². The third kappa shape index (κ3) is 5.57. The minimum atomic E-state index is -0.0587. The van der Waals surface area contributed by atoms with Crippen molar-refractivity contribution < 1.29 is 14.0 Å². The second kappa shape index (κ2) is 9.54. The summed E-state index contributed by atoms with van der Waals surface area (Å²) in [4.78, 5) is 35.6. The smallest absolute Gasteiger partial charge is 0.246 e. The van der Waals surface area contributed by atoms with Crippen molar-refractivity contribution in [1.29, 1.82) is 0 Å². The van der Waals surface area contributed by atoms with E-state index in [2.05, 4.69) is 25.5 Å². The second-order valence-corrected chi connectivity index (χ2v) is 6.33. The average Bonchev–Trinajstić information content (AvgIpc) is 3.23. The van der Waals surface area contributed by atoms with Gasteiger partial charge < -0.3 is 24.9 Å². The van der Waals surface area contributed by atoms with Gasteiger partial charge in [0.2, 0.25) is 11.8 Å². The molecule has 9 heteroatoms. The van der Waals surface area contributed by atoms with Gasteiger partial charge in [0.15, 0.2) is 0 Å². The van der Waals surface area contributed by atoms with Crippen molar-refractivity contribution in [1.82, 2.24) is 20.2 Å². The molecule has 0 atom stereocenters. The van der Waals surface area contributed by atoms with Gasteiger partial charge in [-0.05, 0) is 18.2 Å². The van der Waals surface area contributed by atoms with Crippen molar-refractivity contribution >= 4 is 29.5 Å². The summed E-state index contributed by atoms with van der Waals surface area (Å²) >= 11 is 0.